The highest BCUT2D eigenvalue weighted by Crippen LogP contribution is 2.41. The fourth-order valence-corrected chi connectivity index (χ4v) is 4.79. The number of nitrogens with two attached hydrogens (primary N) is 2. The van der Waals surface area contributed by atoms with Gasteiger partial charge in [0.05, 0.1) is 6.04 Å². The van der Waals surface area contributed by atoms with E-state index in [9.17, 15) is 22.8 Å². The monoisotopic (exact) mass is 430 g/mol. The number of nitrogens with zero attached hydrogens (tertiary/aromatic N) is 1. The first-order valence-corrected chi connectivity index (χ1v) is 11.3. The second-order valence-corrected chi connectivity index (χ2v) is 9.62. The lowest BCUT2D eigenvalue weighted by atomic mass is 9.85. The van der Waals surface area contributed by atoms with E-state index in [1.54, 1.807) is 25.1 Å². The zero-order valence-corrected chi connectivity index (χ0v) is 17.8. The van der Waals surface area contributed by atoms with Gasteiger partial charge < -0.3 is 21.1 Å². The molecule has 1 aliphatic heterocycles. The Bertz CT molecular complexity index is 796. The number of rotatable bonds is 8. The average Bonchev–Trinajstić information content (AvgIpc) is 3.00. The van der Waals surface area contributed by atoms with Crippen LogP contribution in [0.3, 0.4) is 0 Å². The Morgan fingerprint density at radius 2 is 2.00 bits per heavy atom. The van der Waals surface area contributed by atoms with E-state index >= 15 is 0 Å². The fourth-order valence-electron chi connectivity index (χ4n) is 3.90. The molecule has 164 valence electrons. The van der Waals surface area contributed by atoms with Crippen molar-refractivity contribution in [1.29, 1.82) is 0 Å². The predicted molar refractivity (Wildman–Crippen MR) is 105 cm³/mol. The SMILES string of the molecule is CC[C@H](C)[C@H](N)C(=O)NS(=O)(=O)CC(=O)O[C@@H]1CC[C@@H]2C(C(N)=O)=CN(C)C[C@@H]21. The van der Waals surface area contributed by atoms with Gasteiger partial charge in [-0.05, 0) is 24.7 Å². The van der Waals surface area contributed by atoms with Crippen molar-refractivity contribution in [1.82, 2.24) is 9.62 Å². The van der Waals surface area contributed by atoms with Crippen LogP contribution in [0.25, 0.3) is 0 Å². The van der Waals surface area contributed by atoms with E-state index in [0.717, 1.165) is 0 Å². The molecule has 0 unspecified atom stereocenters. The molecule has 29 heavy (non-hydrogen) atoms. The van der Waals surface area contributed by atoms with Gasteiger partial charge in [-0.1, -0.05) is 20.3 Å². The van der Waals surface area contributed by atoms with E-state index in [2.05, 4.69) is 0 Å². The summed E-state index contributed by atoms with van der Waals surface area (Å²) in [7, 11) is -2.43. The lowest BCUT2D eigenvalue weighted by molar-refractivity contribution is -0.148. The van der Waals surface area contributed by atoms with Gasteiger partial charge in [-0.15, -0.1) is 0 Å². The first-order chi connectivity index (χ1) is 13.4. The van der Waals surface area contributed by atoms with Gasteiger partial charge in [-0.3, -0.25) is 19.1 Å². The molecular formula is C18H30N4O6S. The molecule has 1 saturated carbocycles. The average molecular weight is 431 g/mol. The highest BCUT2D eigenvalue weighted by Gasteiger charge is 2.44. The molecular weight excluding hydrogens is 400 g/mol. The number of hydrogen-bond donors (Lipinski definition) is 3. The third-order valence-electron chi connectivity index (χ3n) is 5.71. The summed E-state index contributed by atoms with van der Waals surface area (Å²) in [4.78, 5) is 37.7. The van der Waals surface area contributed by atoms with Gasteiger partial charge >= 0.3 is 5.97 Å². The molecule has 0 aromatic rings. The first-order valence-electron chi connectivity index (χ1n) is 9.66. The summed E-state index contributed by atoms with van der Waals surface area (Å²) >= 11 is 0. The zero-order valence-electron chi connectivity index (χ0n) is 17.0. The normalized spacial score (nSPS) is 26.1. The summed E-state index contributed by atoms with van der Waals surface area (Å²) in [6.45, 7) is 4.13. The molecule has 2 aliphatic rings. The highest BCUT2D eigenvalue weighted by molar-refractivity contribution is 7.90. The number of nitrogens with one attached hydrogen (secondary N) is 1. The number of primary amides is 1. The van der Waals surface area contributed by atoms with Crippen LogP contribution in [0.1, 0.15) is 33.1 Å². The van der Waals surface area contributed by atoms with Crippen molar-refractivity contribution in [2.75, 3.05) is 19.3 Å². The minimum atomic E-state index is -4.22. The van der Waals surface area contributed by atoms with Crippen molar-refractivity contribution in [3.05, 3.63) is 11.8 Å². The van der Waals surface area contributed by atoms with E-state index in [0.29, 0.717) is 31.4 Å². The minimum absolute atomic E-state index is 0.119. The van der Waals surface area contributed by atoms with E-state index in [-0.39, 0.29) is 17.8 Å². The van der Waals surface area contributed by atoms with Crippen molar-refractivity contribution in [2.45, 2.75) is 45.3 Å². The van der Waals surface area contributed by atoms with Crippen molar-refractivity contribution in [3.8, 4) is 0 Å². The van der Waals surface area contributed by atoms with Crippen LogP contribution in [-0.2, 0) is 29.1 Å². The molecule has 0 bridgehead atoms. The highest BCUT2D eigenvalue weighted by atomic mass is 32.2. The number of carbonyl (C=O) groups is 3. The largest absolute Gasteiger partial charge is 0.461 e. The smallest absolute Gasteiger partial charge is 0.323 e. The second-order valence-electron chi connectivity index (χ2n) is 7.90. The Morgan fingerprint density at radius 1 is 1.34 bits per heavy atom. The molecule has 0 aromatic heterocycles. The van der Waals surface area contributed by atoms with E-state index in [1.165, 1.54) is 0 Å². The minimum Gasteiger partial charge on any atom is -0.461 e. The first kappa shape index (κ1) is 23.1. The maximum Gasteiger partial charge on any atom is 0.323 e. The summed E-state index contributed by atoms with van der Waals surface area (Å²) in [6, 6.07) is -0.988. The molecule has 10 nitrogen and oxygen atoms in total. The zero-order chi connectivity index (χ0) is 21.9. The lowest BCUT2D eigenvalue weighted by Crippen LogP contribution is -2.48. The van der Waals surface area contributed by atoms with Gasteiger partial charge in [-0.25, -0.2) is 8.42 Å². The van der Waals surface area contributed by atoms with Crippen LogP contribution < -0.4 is 16.2 Å². The van der Waals surface area contributed by atoms with Crippen LogP contribution in [-0.4, -0.2) is 62.6 Å². The molecule has 2 amide bonds. The van der Waals surface area contributed by atoms with E-state index in [1.807, 2.05) is 11.6 Å². The third kappa shape index (κ3) is 5.69. The number of esters is 1. The number of carbonyl (C=O) groups excluding carboxylic acids is 3. The molecule has 5 atom stereocenters. The van der Waals surface area contributed by atoms with Crippen molar-refractivity contribution >= 4 is 27.8 Å². The number of amides is 2. The number of hydrogen-bond acceptors (Lipinski definition) is 8. The number of ether oxygens (including phenoxy) is 1. The van der Waals surface area contributed by atoms with Crippen LogP contribution in [0.2, 0.25) is 0 Å². The number of sulfonamides is 1. The summed E-state index contributed by atoms with van der Waals surface area (Å²) in [5, 5.41) is 0. The van der Waals surface area contributed by atoms with Crippen molar-refractivity contribution < 1.29 is 27.5 Å². The van der Waals surface area contributed by atoms with E-state index in [4.69, 9.17) is 16.2 Å². The Kier molecular flexibility index (Phi) is 7.28. The molecule has 5 N–H and O–H groups in total. The van der Waals surface area contributed by atoms with E-state index < -0.39 is 45.7 Å². The van der Waals surface area contributed by atoms with Crippen LogP contribution >= 0.6 is 0 Å². The standard InChI is InChI=1S/C18H30N4O6S/c1-4-10(2)16(19)18(25)21-29(26,27)9-15(23)28-14-6-5-11-12(14)7-22(3)8-13(11)17(20)24/h8,10-12,14,16H,4-7,9,19H2,1-3H3,(H2,20,24)(H,21,25)/t10-,11-,12-,14+,16-/m0/s1. The van der Waals surface area contributed by atoms with Crippen LogP contribution in [0.15, 0.2) is 11.8 Å². The summed E-state index contributed by atoms with van der Waals surface area (Å²) in [6.07, 6.45) is 2.92. The maximum atomic E-state index is 12.2. The van der Waals surface area contributed by atoms with Gasteiger partial charge in [0, 0.05) is 31.3 Å². The molecule has 1 heterocycles. The molecule has 1 aliphatic carbocycles. The lowest BCUT2D eigenvalue weighted by Gasteiger charge is -2.34. The molecule has 0 spiro atoms. The Morgan fingerprint density at radius 3 is 2.59 bits per heavy atom. The Labute approximate surface area is 171 Å². The number of fused-ring (bicyclic) bond motifs is 1. The van der Waals surface area contributed by atoms with Gasteiger partial charge in [0.15, 0.2) is 5.75 Å². The van der Waals surface area contributed by atoms with Crippen LogP contribution in [0.5, 0.6) is 0 Å². The maximum absolute atomic E-state index is 12.2. The molecule has 2 rings (SSSR count). The van der Waals surface area contributed by atoms with Crippen molar-refractivity contribution in [3.63, 3.8) is 0 Å². The third-order valence-corrected chi connectivity index (χ3v) is 6.83. The van der Waals surface area contributed by atoms with Crippen LogP contribution in [0.4, 0.5) is 0 Å². The summed E-state index contributed by atoms with van der Waals surface area (Å²) in [5.74, 6) is -3.76. The predicted octanol–water partition coefficient (Wildman–Crippen LogP) is -0.942. The van der Waals surface area contributed by atoms with Crippen LogP contribution in [0, 0.1) is 17.8 Å². The fraction of sp³-hybridized carbons (Fsp3) is 0.722. The summed E-state index contributed by atoms with van der Waals surface area (Å²) in [5.41, 5.74) is 11.7. The quantitative estimate of drug-likeness (QED) is 0.416. The Balaban J connectivity index is 1.96. The van der Waals surface area contributed by atoms with Gasteiger partial charge in [0.2, 0.25) is 15.9 Å². The topological polar surface area (TPSA) is 162 Å². The summed E-state index contributed by atoms with van der Waals surface area (Å²) < 4.78 is 31.5. The molecule has 11 heteroatoms. The van der Waals surface area contributed by atoms with Gasteiger partial charge in [0.1, 0.15) is 6.10 Å². The molecule has 0 aromatic carbocycles. The van der Waals surface area contributed by atoms with Gasteiger partial charge in [-0.2, -0.15) is 0 Å². The van der Waals surface area contributed by atoms with Gasteiger partial charge in [0.25, 0.3) is 5.91 Å². The molecule has 0 saturated heterocycles. The second kappa shape index (κ2) is 9.12. The Hall–Kier alpha value is -2.14. The molecule has 1 fully saturated rings. The molecule has 0 radical (unpaired) electrons. The van der Waals surface area contributed by atoms with Crippen molar-refractivity contribution in [2.24, 2.45) is 29.2 Å².